The SMILES string of the molecule is COc1cc(-c2cnn(C)c2)ccc1Nc1cc2c(cn1)c(C(C)C)c(-c1cnn(C)c1)n2C(=O)O. The van der Waals surface area contributed by atoms with Gasteiger partial charge in [0, 0.05) is 55.3 Å². The molecular formula is C26H27N7O3. The van der Waals surface area contributed by atoms with Gasteiger partial charge in [0.25, 0.3) is 0 Å². The number of methoxy groups -OCH3 is 1. The highest BCUT2D eigenvalue weighted by molar-refractivity contribution is 6.00. The third-order valence-electron chi connectivity index (χ3n) is 6.14. The summed E-state index contributed by atoms with van der Waals surface area (Å²) in [7, 11) is 5.29. The van der Waals surface area contributed by atoms with Gasteiger partial charge in [-0.25, -0.2) is 14.3 Å². The van der Waals surface area contributed by atoms with Gasteiger partial charge < -0.3 is 15.2 Å². The van der Waals surface area contributed by atoms with E-state index < -0.39 is 6.09 Å². The Kier molecular flexibility index (Phi) is 5.71. The van der Waals surface area contributed by atoms with Gasteiger partial charge in [0.2, 0.25) is 0 Å². The first kappa shape index (κ1) is 23.2. The first-order valence-corrected chi connectivity index (χ1v) is 11.5. The highest BCUT2D eigenvalue weighted by atomic mass is 16.5. The second-order valence-electron chi connectivity index (χ2n) is 8.97. The molecule has 0 fully saturated rings. The molecule has 5 rings (SSSR count). The lowest BCUT2D eigenvalue weighted by Gasteiger charge is -2.12. The number of benzene rings is 1. The summed E-state index contributed by atoms with van der Waals surface area (Å²) in [6.07, 6.45) is 7.89. The van der Waals surface area contributed by atoms with E-state index in [0.29, 0.717) is 28.5 Å². The lowest BCUT2D eigenvalue weighted by Crippen LogP contribution is -2.10. The maximum atomic E-state index is 12.5. The van der Waals surface area contributed by atoms with E-state index in [1.165, 1.54) is 4.57 Å². The van der Waals surface area contributed by atoms with E-state index in [-0.39, 0.29) is 5.92 Å². The number of anilines is 2. The Balaban J connectivity index is 1.61. The molecule has 4 aromatic heterocycles. The number of rotatable bonds is 6. The molecule has 0 aliphatic carbocycles. The van der Waals surface area contributed by atoms with Crippen molar-refractivity contribution in [1.82, 2.24) is 29.1 Å². The van der Waals surface area contributed by atoms with Crippen molar-refractivity contribution in [2.75, 3.05) is 12.4 Å². The molecule has 184 valence electrons. The number of hydrogen-bond donors (Lipinski definition) is 2. The van der Waals surface area contributed by atoms with E-state index in [2.05, 4.69) is 20.5 Å². The van der Waals surface area contributed by atoms with Crippen LogP contribution in [0.25, 0.3) is 33.3 Å². The van der Waals surface area contributed by atoms with Crippen molar-refractivity contribution in [1.29, 1.82) is 0 Å². The molecule has 0 saturated heterocycles. The number of nitrogens with one attached hydrogen (secondary N) is 1. The zero-order valence-electron chi connectivity index (χ0n) is 20.7. The van der Waals surface area contributed by atoms with Crippen LogP contribution < -0.4 is 10.1 Å². The molecule has 0 saturated carbocycles. The van der Waals surface area contributed by atoms with E-state index in [9.17, 15) is 9.90 Å². The van der Waals surface area contributed by atoms with E-state index in [1.54, 1.807) is 41.1 Å². The lowest BCUT2D eigenvalue weighted by atomic mass is 9.98. The van der Waals surface area contributed by atoms with Crippen LogP contribution in [0.15, 0.2) is 55.2 Å². The average Bonchev–Trinajstić information content (AvgIpc) is 3.55. The van der Waals surface area contributed by atoms with Crippen LogP contribution >= 0.6 is 0 Å². The van der Waals surface area contributed by atoms with Gasteiger partial charge in [-0.2, -0.15) is 10.2 Å². The maximum absolute atomic E-state index is 12.5. The fourth-order valence-electron chi connectivity index (χ4n) is 4.57. The Morgan fingerprint density at radius 2 is 1.69 bits per heavy atom. The Hall–Kier alpha value is -4.60. The Bertz CT molecular complexity index is 1590. The number of fused-ring (bicyclic) bond motifs is 1. The normalized spacial score (nSPS) is 11.4. The van der Waals surface area contributed by atoms with Gasteiger partial charge in [0.1, 0.15) is 11.6 Å². The number of pyridine rings is 1. The molecule has 0 bridgehead atoms. The summed E-state index contributed by atoms with van der Waals surface area (Å²) in [5, 5.41) is 22.8. The zero-order valence-corrected chi connectivity index (χ0v) is 20.7. The summed E-state index contributed by atoms with van der Waals surface area (Å²) in [5.74, 6) is 1.21. The number of ether oxygens (including phenoxy) is 1. The van der Waals surface area contributed by atoms with Crippen LogP contribution in [-0.4, -0.2) is 47.4 Å². The predicted molar refractivity (Wildman–Crippen MR) is 138 cm³/mol. The molecule has 10 nitrogen and oxygen atoms in total. The van der Waals surface area contributed by atoms with Crippen LogP contribution in [0.3, 0.4) is 0 Å². The molecular weight excluding hydrogens is 458 g/mol. The van der Waals surface area contributed by atoms with Crippen molar-refractivity contribution >= 4 is 28.5 Å². The van der Waals surface area contributed by atoms with Crippen LogP contribution in [0.1, 0.15) is 25.3 Å². The van der Waals surface area contributed by atoms with Gasteiger partial charge in [-0.05, 0) is 29.2 Å². The van der Waals surface area contributed by atoms with Crippen LogP contribution in [0.2, 0.25) is 0 Å². The smallest absolute Gasteiger partial charge is 0.416 e. The monoisotopic (exact) mass is 485 g/mol. The van der Waals surface area contributed by atoms with E-state index in [4.69, 9.17) is 4.74 Å². The average molecular weight is 486 g/mol. The molecule has 0 unspecified atom stereocenters. The van der Waals surface area contributed by atoms with Crippen LogP contribution in [0.4, 0.5) is 16.3 Å². The summed E-state index contributed by atoms with van der Waals surface area (Å²) in [6, 6.07) is 7.56. The summed E-state index contributed by atoms with van der Waals surface area (Å²) in [5.41, 5.74) is 5.47. The molecule has 2 N–H and O–H groups in total. The fourth-order valence-corrected chi connectivity index (χ4v) is 4.57. The maximum Gasteiger partial charge on any atom is 0.416 e. The largest absolute Gasteiger partial charge is 0.495 e. The molecule has 0 spiro atoms. The molecule has 10 heteroatoms. The first-order valence-electron chi connectivity index (χ1n) is 11.5. The molecule has 5 aromatic rings. The van der Waals surface area contributed by atoms with E-state index in [0.717, 1.165) is 27.6 Å². The van der Waals surface area contributed by atoms with Crippen molar-refractivity contribution in [2.24, 2.45) is 14.1 Å². The van der Waals surface area contributed by atoms with Crippen molar-refractivity contribution in [3.63, 3.8) is 0 Å². The van der Waals surface area contributed by atoms with Crippen LogP contribution in [-0.2, 0) is 14.1 Å². The summed E-state index contributed by atoms with van der Waals surface area (Å²) in [4.78, 5) is 17.1. The summed E-state index contributed by atoms with van der Waals surface area (Å²) in [6.45, 7) is 4.09. The number of carbonyl (C=O) groups is 1. The zero-order chi connectivity index (χ0) is 25.6. The minimum absolute atomic E-state index is 0.0732. The Labute approximate surface area is 207 Å². The standard InChI is InChI=1S/C26H27N7O3/c1-15(2)24-19-12-27-23(9-21(19)33(26(34)35)25(24)18-11-29-32(4)14-18)30-20-7-6-16(8-22(20)36-5)17-10-28-31(3)13-17/h6-15H,1-5H3,(H,27,30)(H,34,35). The molecule has 0 aliphatic rings. The topological polar surface area (TPSA) is 112 Å². The second-order valence-corrected chi connectivity index (χ2v) is 8.97. The molecule has 0 atom stereocenters. The van der Waals surface area contributed by atoms with Crippen molar-refractivity contribution in [2.45, 2.75) is 19.8 Å². The van der Waals surface area contributed by atoms with Crippen molar-refractivity contribution in [3.05, 3.63) is 60.8 Å². The summed E-state index contributed by atoms with van der Waals surface area (Å²) >= 11 is 0. The number of aromatic nitrogens is 6. The fraction of sp³-hybridized carbons (Fsp3) is 0.231. The number of carboxylic acid groups (broad SMARTS) is 1. The predicted octanol–water partition coefficient (Wildman–Crippen LogP) is 5.24. The van der Waals surface area contributed by atoms with Gasteiger partial charge >= 0.3 is 6.09 Å². The molecule has 0 radical (unpaired) electrons. The quantitative estimate of drug-likeness (QED) is 0.338. The first-order chi connectivity index (χ1) is 17.3. The van der Waals surface area contributed by atoms with Crippen molar-refractivity contribution < 1.29 is 14.6 Å². The van der Waals surface area contributed by atoms with E-state index >= 15 is 0 Å². The number of hydrogen-bond acceptors (Lipinski definition) is 6. The van der Waals surface area contributed by atoms with Crippen LogP contribution in [0, 0.1) is 0 Å². The van der Waals surface area contributed by atoms with Gasteiger partial charge in [0.05, 0.1) is 36.4 Å². The molecule has 4 heterocycles. The highest BCUT2D eigenvalue weighted by Gasteiger charge is 2.25. The third-order valence-corrected chi connectivity index (χ3v) is 6.14. The number of nitrogens with zero attached hydrogens (tertiary/aromatic N) is 6. The minimum atomic E-state index is -1.07. The third kappa shape index (κ3) is 3.96. The van der Waals surface area contributed by atoms with Gasteiger partial charge in [-0.3, -0.25) is 9.36 Å². The highest BCUT2D eigenvalue weighted by Crippen LogP contribution is 2.39. The Morgan fingerprint density at radius 3 is 2.28 bits per heavy atom. The number of aryl methyl sites for hydroxylation is 2. The molecule has 0 amide bonds. The van der Waals surface area contributed by atoms with Gasteiger partial charge in [0.15, 0.2) is 0 Å². The lowest BCUT2D eigenvalue weighted by molar-refractivity contribution is 0.198. The van der Waals surface area contributed by atoms with Gasteiger partial charge in [-0.15, -0.1) is 0 Å². The van der Waals surface area contributed by atoms with Crippen LogP contribution in [0.5, 0.6) is 5.75 Å². The Morgan fingerprint density at radius 1 is 1.00 bits per heavy atom. The van der Waals surface area contributed by atoms with E-state index in [1.807, 2.05) is 58.5 Å². The summed E-state index contributed by atoms with van der Waals surface area (Å²) < 4.78 is 10.4. The minimum Gasteiger partial charge on any atom is -0.495 e. The second kappa shape index (κ2) is 8.88. The van der Waals surface area contributed by atoms with Crippen molar-refractivity contribution in [3.8, 4) is 28.1 Å². The molecule has 0 aliphatic heterocycles. The van der Waals surface area contributed by atoms with Gasteiger partial charge in [-0.1, -0.05) is 19.9 Å². The molecule has 1 aromatic carbocycles. The molecule has 36 heavy (non-hydrogen) atoms.